The maximum atomic E-state index is 11.9. The van der Waals surface area contributed by atoms with Gasteiger partial charge in [0, 0.05) is 9.50 Å². The van der Waals surface area contributed by atoms with Crippen molar-refractivity contribution in [2.75, 3.05) is 12.4 Å². The van der Waals surface area contributed by atoms with Gasteiger partial charge in [0.05, 0.1) is 17.0 Å². The van der Waals surface area contributed by atoms with Crippen molar-refractivity contribution in [1.82, 2.24) is 20.2 Å². The van der Waals surface area contributed by atoms with Crippen LogP contribution < -0.4 is 0 Å². The molecule has 0 aliphatic rings. The predicted octanol–water partition coefficient (Wildman–Crippen LogP) is 4.03. The van der Waals surface area contributed by atoms with Gasteiger partial charge in [-0.3, -0.25) is 0 Å². The number of tetrazole rings is 1. The summed E-state index contributed by atoms with van der Waals surface area (Å²) in [6.45, 7) is 0.0219. The third-order valence-electron chi connectivity index (χ3n) is 3.25. The molecular weight excluding hydrogens is 452 g/mol. The molecule has 3 aromatic rings. The van der Waals surface area contributed by atoms with Crippen molar-refractivity contribution in [3.05, 3.63) is 63.6 Å². The Hall–Kier alpha value is -2.34. The molecule has 0 amide bonds. The number of carbonyl (C=O) groups excluding carboxylic acids is 1. The van der Waals surface area contributed by atoms with Gasteiger partial charge < -0.3 is 4.74 Å². The summed E-state index contributed by atoms with van der Waals surface area (Å²) in [4.78, 5) is 11.9. The van der Waals surface area contributed by atoms with E-state index in [2.05, 4.69) is 43.3 Å². The number of aromatic nitrogens is 4. The van der Waals surface area contributed by atoms with Crippen LogP contribution in [0.2, 0.25) is 5.02 Å². The maximum Gasteiger partial charge on any atom is 0.339 e. The average Bonchev–Trinajstić information content (AvgIpc) is 3.13. The molecule has 0 bridgehead atoms. The third kappa shape index (κ3) is 5.57. The van der Waals surface area contributed by atoms with Crippen LogP contribution in [0.3, 0.4) is 0 Å². The maximum absolute atomic E-state index is 11.9. The zero-order valence-electron chi connectivity index (χ0n) is 13.8. The van der Waals surface area contributed by atoms with Crippen molar-refractivity contribution in [2.24, 2.45) is 0 Å². The molecule has 0 saturated heterocycles. The number of esters is 1. The fourth-order valence-corrected chi connectivity index (χ4v) is 3.20. The van der Waals surface area contributed by atoms with E-state index in [1.165, 1.54) is 11.8 Å². The van der Waals surface area contributed by atoms with Crippen molar-refractivity contribution < 1.29 is 9.53 Å². The molecule has 0 aliphatic carbocycles. The molecule has 9 heteroatoms. The number of hydrogen-bond acceptors (Lipinski definition) is 6. The normalized spacial score (nSPS) is 10.1. The second-order valence-electron chi connectivity index (χ2n) is 5.08. The Bertz CT molecular complexity index is 998. The fraction of sp³-hybridized carbons (Fsp3) is 0.111. The van der Waals surface area contributed by atoms with E-state index in [1.54, 1.807) is 35.0 Å². The summed E-state index contributed by atoms with van der Waals surface area (Å²) in [7, 11) is 0. The number of benzene rings is 2. The van der Waals surface area contributed by atoms with Crippen LogP contribution in [0.4, 0.5) is 0 Å². The van der Waals surface area contributed by atoms with Gasteiger partial charge >= 0.3 is 5.97 Å². The summed E-state index contributed by atoms with van der Waals surface area (Å²) in [5.74, 6) is 5.78. The number of ether oxygens (including phenoxy) is 1. The minimum absolute atomic E-state index is 0.0219. The Labute approximate surface area is 173 Å². The van der Waals surface area contributed by atoms with Crippen LogP contribution in [0.25, 0.3) is 5.69 Å². The molecule has 0 unspecified atom stereocenters. The number of hydrogen-bond donors (Lipinski definition) is 0. The van der Waals surface area contributed by atoms with Crippen molar-refractivity contribution in [2.45, 2.75) is 5.16 Å². The van der Waals surface area contributed by atoms with Crippen molar-refractivity contribution in [3.63, 3.8) is 0 Å². The summed E-state index contributed by atoms with van der Waals surface area (Å²) in [6.07, 6.45) is 0. The molecule has 2 aromatic carbocycles. The largest absolute Gasteiger partial charge is 0.449 e. The number of nitrogens with zero attached hydrogens (tertiary/aromatic N) is 4. The topological polar surface area (TPSA) is 69.9 Å². The Balaban J connectivity index is 1.49. The highest BCUT2D eigenvalue weighted by molar-refractivity contribution is 9.10. The van der Waals surface area contributed by atoms with E-state index in [9.17, 15) is 4.79 Å². The Morgan fingerprint density at radius 2 is 2.04 bits per heavy atom. The minimum Gasteiger partial charge on any atom is -0.449 e. The summed E-state index contributed by atoms with van der Waals surface area (Å²) >= 11 is 10.6. The first-order valence-electron chi connectivity index (χ1n) is 7.69. The van der Waals surface area contributed by atoms with Crippen LogP contribution >= 0.6 is 39.3 Å². The number of halogens is 2. The smallest absolute Gasteiger partial charge is 0.339 e. The van der Waals surface area contributed by atoms with E-state index < -0.39 is 5.97 Å². The molecule has 0 radical (unpaired) electrons. The second-order valence-corrected chi connectivity index (χ2v) is 7.37. The van der Waals surface area contributed by atoms with Gasteiger partial charge in [-0.2, -0.15) is 4.68 Å². The molecule has 0 N–H and O–H groups in total. The molecule has 1 heterocycles. The zero-order valence-corrected chi connectivity index (χ0v) is 17.0. The van der Waals surface area contributed by atoms with Crippen LogP contribution in [0.15, 0.2) is 58.2 Å². The highest BCUT2D eigenvalue weighted by Gasteiger charge is 2.08. The molecule has 27 heavy (non-hydrogen) atoms. The van der Waals surface area contributed by atoms with Crippen molar-refractivity contribution in [3.8, 4) is 17.5 Å². The number of rotatable bonds is 5. The third-order valence-corrected chi connectivity index (χ3v) is 4.79. The molecule has 0 saturated carbocycles. The Morgan fingerprint density at radius 1 is 1.22 bits per heavy atom. The minimum atomic E-state index is -0.412. The van der Waals surface area contributed by atoms with E-state index in [1.807, 2.05) is 18.2 Å². The molecule has 3 rings (SSSR count). The summed E-state index contributed by atoms with van der Waals surface area (Å²) < 4.78 is 7.55. The van der Waals surface area contributed by atoms with Gasteiger partial charge in [-0.05, 0) is 52.9 Å². The average molecular weight is 464 g/mol. The molecular formula is C18H12BrClN4O2S. The fourth-order valence-electron chi connectivity index (χ4n) is 2.02. The van der Waals surface area contributed by atoms with Gasteiger partial charge in [-0.1, -0.05) is 57.2 Å². The standard InChI is InChI=1S/C18H12BrClN4O2S/c19-14-5-3-4-13(12-14)17(25)26-10-1-2-11-27-18-21-22-23-24(18)16-8-6-15(20)7-9-16/h3-9,12H,10-11H2. The lowest BCUT2D eigenvalue weighted by atomic mass is 10.2. The van der Waals surface area contributed by atoms with Gasteiger partial charge in [0.2, 0.25) is 5.16 Å². The van der Waals surface area contributed by atoms with Gasteiger partial charge in [0.1, 0.15) is 0 Å². The summed E-state index contributed by atoms with van der Waals surface area (Å²) in [6, 6.07) is 14.2. The van der Waals surface area contributed by atoms with E-state index in [-0.39, 0.29) is 6.61 Å². The van der Waals surface area contributed by atoms with Crippen LogP contribution in [-0.4, -0.2) is 38.5 Å². The zero-order chi connectivity index (χ0) is 19.1. The highest BCUT2D eigenvalue weighted by Crippen LogP contribution is 2.19. The Morgan fingerprint density at radius 3 is 2.81 bits per heavy atom. The van der Waals surface area contributed by atoms with E-state index in [0.29, 0.717) is 21.5 Å². The highest BCUT2D eigenvalue weighted by atomic mass is 79.9. The lowest BCUT2D eigenvalue weighted by molar-refractivity contribution is 0.0556. The first-order chi connectivity index (χ1) is 13.1. The van der Waals surface area contributed by atoms with E-state index >= 15 is 0 Å². The first kappa shape index (κ1) is 19.4. The van der Waals surface area contributed by atoms with Gasteiger partial charge in [0.15, 0.2) is 6.61 Å². The van der Waals surface area contributed by atoms with Crippen LogP contribution in [0.1, 0.15) is 10.4 Å². The van der Waals surface area contributed by atoms with Crippen molar-refractivity contribution >= 4 is 45.3 Å². The van der Waals surface area contributed by atoms with Crippen LogP contribution in [0, 0.1) is 11.8 Å². The molecule has 0 atom stereocenters. The molecule has 1 aromatic heterocycles. The van der Waals surface area contributed by atoms with Gasteiger partial charge in [-0.15, -0.1) is 5.10 Å². The van der Waals surface area contributed by atoms with Crippen LogP contribution in [-0.2, 0) is 4.74 Å². The number of carbonyl (C=O) groups is 1. The molecule has 0 aliphatic heterocycles. The van der Waals surface area contributed by atoms with E-state index in [0.717, 1.165) is 10.2 Å². The van der Waals surface area contributed by atoms with Gasteiger partial charge in [-0.25, -0.2) is 4.79 Å². The molecule has 0 fully saturated rings. The summed E-state index contributed by atoms with van der Waals surface area (Å²) in [5, 5.41) is 12.9. The van der Waals surface area contributed by atoms with E-state index in [4.69, 9.17) is 16.3 Å². The first-order valence-corrected chi connectivity index (χ1v) is 9.84. The summed E-state index contributed by atoms with van der Waals surface area (Å²) in [5.41, 5.74) is 1.28. The molecule has 0 spiro atoms. The van der Waals surface area contributed by atoms with Gasteiger partial charge in [0.25, 0.3) is 0 Å². The lowest BCUT2D eigenvalue weighted by Crippen LogP contribution is -2.05. The predicted molar refractivity (Wildman–Crippen MR) is 107 cm³/mol. The second kappa shape index (κ2) is 9.55. The quantitative estimate of drug-likeness (QED) is 0.323. The lowest BCUT2D eigenvalue weighted by Gasteiger charge is -2.02. The monoisotopic (exact) mass is 462 g/mol. The molecule has 136 valence electrons. The van der Waals surface area contributed by atoms with Crippen LogP contribution in [0.5, 0.6) is 0 Å². The van der Waals surface area contributed by atoms with Crippen molar-refractivity contribution in [1.29, 1.82) is 0 Å². The molecule has 6 nitrogen and oxygen atoms in total. The number of thioether (sulfide) groups is 1. The Kier molecular flexibility index (Phi) is 6.87. The SMILES string of the molecule is O=C(OCC#CCSc1nnnn1-c1ccc(Cl)cc1)c1cccc(Br)c1.